The summed E-state index contributed by atoms with van der Waals surface area (Å²) >= 11 is 6.12. The smallest absolute Gasteiger partial charge is 0.311 e. The SMILES string of the molecule is FC(F)(F)c1ccc(CNCC(Cl)C2CC2)cc1. The van der Waals surface area contributed by atoms with Crippen molar-refractivity contribution in [3.8, 4) is 0 Å². The van der Waals surface area contributed by atoms with Crippen LogP contribution in [-0.4, -0.2) is 11.9 Å². The molecule has 0 heterocycles. The average Bonchev–Trinajstić information content (AvgIpc) is 3.12. The van der Waals surface area contributed by atoms with Crippen molar-refractivity contribution in [1.82, 2.24) is 5.32 Å². The lowest BCUT2D eigenvalue weighted by molar-refractivity contribution is -0.137. The van der Waals surface area contributed by atoms with Gasteiger partial charge in [-0.05, 0) is 36.5 Å². The average molecular weight is 278 g/mol. The molecule has 1 aliphatic carbocycles. The molecule has 0 bridgehead atoms. The number of nitrogens with one attached hydrogen (secondary N) is 1. The molecule has 0 aromatic heterocycles. The van der Waals surface area contributed by atoms with Gasteiger partial charge in [0.05, 0.1) is 5.56 Å². The molecule has 2 rings (SSSR count). The van der Waals surface area contributed by atoms with Crippen LogP contribution >= 0.6 is 11.6 Å². The number of hydrogen-bond donors (Lipinski definition) is 1. The van der Waals surface area contributed by atoms with E-state index >= 15 is 0 Å². The van der Waals surface area contributed by atoms with E-state index in [1.54, 1.807) is 0 Å². The first-order chi connectivity index (χ1) is 8.47. The predicted molar refractivity (Wildman–Crippen MR) is 65.5 cm³/mol. The van der Waals surface area contributed by atoms with Crippen LogP contribution in [0.4, 0.5) is 13.2 Å². The van der Waals surface area contributed by atoms with Crippen LogP contribution in [0.2, 0.25) is 0 Å². The van der Waals surface area contributed by atoms with Crippen molar-refractivity contribution in [2.45, 2.75) is 30.9 Å². The third-order valence-electron chi connectivity index (χ3n) is 3.08. The van der Waals surface area contributed by atoms with Gasteiger partial charge in [0.2, 0.25) is 0 Å². The first kappa shape index (κ1) is 13.7. The van der Waals surface area contributed by atoms with Crippen LogP contribution in [0, 0.1) is 5.92 Å². The van der Waals surface area contributed by atoms with Crippen molar-refractivity contribution in [1.29, 1.82) is 0 Å². The second-order valence-corrected chi connectivity index (χ2v) is 5.24. The van der Waals surface area contributed by atoms with Gasteiger partial charge in [-0.15, -0.1) is 11.6 Å². The second-order valence-electron chi connectivity index (χ2n) is 4.68. The molecule has 1 N–H and O–H groups in total. The van der Waals surface area contributed by atoms with Gasteiger partial charge in [-0.2, -0.15) is 13.2 Å². The van der Waals surface area contributed by atoms with Gasteiger partial charge in [0.1, 0.15) is 0 Å². The van der Waals surface area contributed by atoms with Crippen molar-refractivity contribution in [2.24, 2.45) is 5.92 Å². The summed E-state index contributed by atoms with van der Waals surface area (Å²) in [5, 5.41) is 3.31. The van der Waals surface area contributed by atoms with Crippen LogP contribution in [0.5, 0.6) is 0 Å². The summed E-state index contributed by atoms with van der Waals surface area (Å²) in [6, 6.07) is 5.21. The molecule has 1 nitrogen and oxygen atoms in total. The Balaban J connectivity index is 1.79. The molecule has 0 amide bonds. The zero-order chi connectivity index (χ0) is 13.2. The Labute approximate surface area is 109 Å². The molecule has 1 atom stereocenters. The zero-order valence-electron chi connectivity index (χ0n) is 9.80. The van der Waals surface area contributed by atoms with Gasteiger partial charge in [0, 0.05) is 18.5 Å². The molecule has 100 valence electrons. The van der Waals surface area contributed by atoms with Gasteiger partial charge >= 0.3 is 6.18 Å². The minimum Gasteiger partial charge on any atom is -0.311 e. The maximum Gasteiger partial charge on any atom is 0.416 e. The van der Waals surface area contributed by atoms with Crippen molar-refractivity contribution in [2.75, 3.05) is 6.54 Å². The Bertz CT molecular complexity index is 384. The highest BCUT2D eigenvalue weighted by atomic mass is 35.5. The normalized spacial score (nSPS) is 17.8. The third-order valence-corrected chi connectivity index (χ3v) is 3.59. The van der Waals surface area contributed by atoms with Gasteiger partial charge in [-0.1, -0.05) is 12.1 Å². The highest BCUT2D eigenvalue weighted by Gasteiger charge is 2.30. The minimum absolute atomic E-state index is 0.138. The number of halogens is 4. The summed E-state index contributed by atoms with van der Waals surface area (Å²) in [5.74, 6) is 0.617. The fourth-order valence-corrected chi connectivity index (χ4v) is 2.15. The van der Waals surface area contributed by atoms with E-state index in [4.69, 9.17) is 11.6 Å². The van der Waals surface area contributed by atoms with Gasteiger partial charge in [0.15, 0.2) is 0 Å². The molecule has 1 aromatic carbocycles. The van der Waals surface area contributed by atoms with Crippen LogP contribution in [0.25, 0.3) is 0 Å². The lowest BCUT2D eigenvalue weighted by Crippen LogP contribution is -2.24. The monoisotopic (exact) mass is 277 g/mol. The Kier molecular flexibility index (Phi) is 4.17. The van der Waals surface area contributed by atoms with Crippen molar-refractivity contribution in [3.05, 3.63) is 35.4 Å². The van der Waals surface area contributed by atoms with Crippen LogP contribution in [0.1, 0.15) is 24.0 Å². The van der Waals surface area contributed by atoms with Crippen LogP contribution in [-0.2, 0) is 12.7 Å². The Hall–Kier alpha value is -0.740. The third kappa shape index (κ3) is 3.89. The maximum atomic E-state index is 12.3. The fraction of sp³-hybridized carbons (Fsp3) is 0.538. The first-order valence-electron chi connectivity index (χ1n) is 5.98. The molecule has 0 spiro atoms. The van der Waals surface area contributed by atoms with E-state index < -0.39 is 11.7 Å². The molecule has 0 aliphatic heterocycles. The van der Waals surface area contributed by atoms with E-state index in [1.165, 1.54) is 25.0 Å². The highest BCUT2D eigenvalue weighted by molar-refractivity contribution is 6.21. The number of rotatable bonds is 5. The second kappa shape index (κ2) is 5.49. The minimum atomic E-state index is -4.26. The van der Waals surface area contributed by atoms with Gasteiger partial charge < -0.3 is 5.32 Å². The van der Waals surface area contributed by atoms with E-state index in [0.29, 0.717) is 19.0 Å². The Morgan fingerprint density at radius 1 is 1.22 bits per heavy atom. The van der Waals surface area contributed by atoms with Gasteiger partial charge in [-0.25, -0.2) is 0 Å². The summed E-state index contributed by atoms with van der Waals surface area (Å²) in [5.41, 5.74) is 0.224. The topological polar surface area (TPSA) is 12.0 Å². The van der Waals surface area contributed by atoms with Crippen molar-refractivity contribution in [3.63, 3.8) is 0 Å². The van der Waals surface area contributed by atoms with Crippen LogP contribution in [0.3, 0.4) is 0 Å². The fourth-order valence-electron chi connectivity index (χ4n) is 1.79. The van der Waals surface area contributed by atoms with Gasteiger partial charge in [-0.3, -0.25) is 0 Å². The summed E-state index contributed by atoms with van der Waals surface area (Å²) in [7, 11) is 0. The summed E-state index contributed by atoms with van der Waals surface area (Å²) in [6.07, 6.45) is -1.88. The summed E-state index contributed by atoms with van der Waals surface area (Å²) < 4.78 is 37.0. The molecule has 1 aromatic rings. The predicted octanol–water partition coefficient (Wildman–Crippen LogP) is 3.81. The van der Waals surface area contributed by atoms with Crippen molar-refractivity contribution >= 4 is 11.6 Å². The first-order valence-corrected chi connectivity index (χ1v) is 6.41. The quantitative estimate of drug-likeness (QED) is 0.807. The summed E-state index contributed by atoms with van der Waals surface area (Å²) in [6.45, 7) is 1.25. The van der Waals surface area contributed by atoms with E-state index in [-0.39, 0.29) is 5.38 Å². The van der Waals surface area contributed by atoms with Crippen LogP contribution < -0.4 is 5.32 Å². The molecule has 1 unspecified atom stereocenters. The zero-order valence-corrected chi connectivity index (χ0v) is 10.6. The van der Waals surface area contributed by atoms with Crippen molar-refractivity contribution < 1.29 is 13.2 Å². The molecule has 0 radical (unpaired) electrons. The number of alkyl halides is 4. The molecule has 5 heteroatoms. The largest absolute Gasteiger partial charge is 0.416 e. The van der Waals surface area contributed by atoms with E-state index in [2.05, 4.69) is 5.32 Å². The summed E-state index contributed by atoms with van der Waals surface area (Å²) in [4.78, 5) is 0. The molecule has 1 aliphatic rings. The molecule has 0 saturated heterocycles. The standard InChI is InChI=1S/C13H15ClF3N/c14-12(10-3-4-10)8-18-7-9-1-5-11(6-2-9)13(15,16)17/h1-2,5-6,10,12,18H,3-4,7-8H2. The van der Waals surface area contributed by atoms with E-state index in [9.17, 15) is 13.2 Å². The molecular weight excluding hydrogens is 263 g/mol. The molecule has 1 saturated carbocycles. The Morgan fingerprint density at radius 2 is 1.83 bits per heavy atom. The molecule has 1 fully saturated rings. The number of benzene rings is 1. The van der Waals surface area contributed by atoms with Crippen LogP contribution in [0.15, 0.2) is 24.3 Å². The van der Waals surface area contributed by atoms with Gasteiger partial charge in [0.25, 0.3) is 0 Å². The lowest BCUT2D eigenvalue weighted by Gasteiger charge is -2.10. The van der Waals surface area contributed by atoms with E-state index in [0.717, 1.165) is 17.7 Å². The Morgan fingerprint density at radius 3 is 2.33 bits per heavy atom. The highest BCUT2D eigenvalue weighted by Crippen LogP contribution is 2.35. The maximum absolute atomic E-state index is 12.3. The lowest BCUT2D eigenvalue weighted by atomic mass is 10.1. The van der Waals surface area contributed by atoms with E-state index in [1.807, 2.05) is 0 Å². The molecular formula is C13H15ClF3N. The number of hydrogen-bond acceptors (Lipinski definition) is 1. The molecule has 18 heavy (non-hydrogen) atoms.